The minimum absolute atomic E-state index is 0.00923. The van der Waals surface area contributed by atoms with Gasteiger partial charge in [0.2, 0.25) is 5.91 Å². The van der Waals surface area contributed by atoms with Gasteiger partial charge in [-0.05, 0) is 18.6 Å². The van der Waals surface area contributed by atoms with E-state index in [0.717, 1.165) is 30.0 Å². The number of hydrogen-bond donors (Lipinski definition) is 2. The first-order valence-electron chi connectivity index (χ1n) is 8.35. The summed E-state index contributed by atoms with van der Waals surface area (Å²) >= 11 is 0. The molecule has 0 aliphatic carbocycles. The molecule has 2 N–H and O–H groups in total. The second-order valence-electron chi connectivity index (χ2n) is 5.65. The smallest absolute Gasteiger partial charge is 0.341 e. The average Bonchev–Trinajstić information content (AvgIpc) is 2.60. The van der Waals surface area contributed by atoms with Gasteiger partial charge in [0.05, 0.1) is 0 Å². The van der Waals surface area contributed by atoms with Crippen molar-refractivity contribution in [2.75, 3.05) is 25.1 Å². The van der Waals surface area contributed by atoms with Crippen molar-refractivity contribution >= 4 is 28.3 Å². The molecule has 0 spiro atoms. The van der Waals surface area contributed by atoms with Crippen molar-refractivity contribution in [3.05, 3.63) is 36.4 Å². The van der Waals surface area contributed by atoms with E-state index >= 15 is 0 Å². The number of anilines is 1. The predicted octanol–water partition coefficient (Wildman–Crippen LogP) is 3.45. The summed E-state index contributed by atoms with van der Waals surface area (Å²) in [5, 5.41) is 13.1. The Labute approximate surface area is 146 Å². The number of carboxylic acids is 1. The van der Waals surface area contributed by atoms with E-state index in [9.17, 15) is 9.59 Å². The summed E-state index contributed by atoms with van der Waals surface area (Å²) in [6, 6.07) is 10.7. The molecule has 1 amide bonds. The number of ether oxygens (including phenoxy) is 2. The van der Waals surface area contributed by atoms with Crippen molar-refractivity contribution in [1.29, 1.82) is 0 Å². The molecule has 0 bridgehead atoms. The third-order valence-corrected chi connectivity index (χ3v) is 3.63. The van der Waals surface area contributed by atoms with Gasteiger partial charge in [-0.15, -0.1) is 0 Å². The van der Waals surface area contributed by atoms with Crippen LogP contribution in [-0.2, 0) is 14.3 Å². The van der Waals surface area contributed by atoms with Gasteiger partial charge in [-0.3, -0.25) is 4.79 Å². The molecule has 0 heterocycles. The molecule has 0 unspecified atom stereocenters. The molecule has 0 aliphatic rings. The van der Waals surface area contributed by atoms with Crippen LogP contribution < -0.4 is 10.1 Å². The van der Waals surface area contributed by atoms with E-state index in [1.807, 2.05) is 24.3 Å². The third-order valence-electron chi connectivity index (χ3n) is 3.63. The predicted molar refractivity (Wildman–Crippen MR) is 96.1 cm³/mol. The Kier molecular flexibility index (Phi) is 7.22. The summed E-state index contributed by atoms with van der Waals surface area (Å²) in [4.78, 5) is 22.7. The lowest BCUT2D eigenvalue weighted by Gasteiger charge is -2.12. The second kappa shape index (κ2) is 9.64. The maximum Gasteiger partial charge on any atom is 0.341 e. The van der Waals surface area contributed by atoms with Crippen molar-refractivity contribution in [2.24, 2.45) is 0 Å². The number of hydrogen-bond acceptors (Lipinski definition) is 4. The molecular weight excluding hydrogens is 322 g/mol. The van der Waals surface area contributed by atoms with Gasteiger partial charge < -0.3 is 19.9 Å². The fourth-order valence-electron chi connectivity index (χ4n) is 2.45. The molecular formula is C19H23NO5. The molecule has 2 rings (SSSR count). The Morgan fingerprint density at radius 1 is 1.04 bits per heavy atom. The van der Waals surface area contributed by atoms with Crippen LogP contribution in [0.5, 0.6) is 5.75 Å². The minimum Gasteiger partial charge on any atom is -0.481 e. The van der Waals surface area contributed by atoms with Crippen molar-refractivity contribution in [1.82, 2.24) is 0 Å². The Bertz CT molecular complexity index is 729. The minimum atomic E-state index is -1.04. The summed E-state index contributed by atoms with van der Waals surface area (Å²) < 4.78 is 10.7. The van der Waals surface area contributed by atoms with E-state index in [1.54, 1.807) is 12.1 Å². The van der Waals surface area contributed by atoms with Crippen LogP contribution in [0.15, 0.2) is 36.4 Å². The Balaban J connectivity index is 2.05. The first-order valence-corrected chi connectivity index (χ1v) is 8.35. The van der Waals surface area contributed by atoms with Gasteiger partial charge in [0.1, 0.15) is 12.4 Å². The summed E-state index contributed by atoms with van der Waals surface area (Å²) in [7, 11) is 0. The normalized spacial score (nSPS) is 10.6. The number of rotatable bonds is 10. The summed E-state index contributed by atoms with van der Waals surface area (Å²) in [5.74, 6) is -0.797. The number of nitrogens with one attached hydrogen (secondary N) is 1. The van der Waals surface area contributed by atoms with Crippen LogP contribution in [0.25, 0.3) is 10.8 Å². The first-order chi connectivity index (χ1) is 12.1. The highest BCUT2D eigenvalue weighted by Crippen LogP contribution is 2.31. The lowest BCUT2D eigenvalue weighted by molar-refractivity contribution is -0.139. The highest BCUT2D eigenvalue weighted by molar-refractivity contribution is 6.04. The quantitative estimate of drug-likeness (QED) is 0.644. The standard InChI is InChI=1S/C19H23NO5/c1-2-3-6-11-24-12-18(21)20-16-9-10-17(25-13-19(22)23)15-8-5-4-7-14(15)16/h4-5,7-10H,2-3,6,11-13H2,1H3,(H,20,21)(H,22,23). The van der Waals surface area contributed by atoms with Crippen LogP contribution in [-0.4, -0.2) is 36.8 Å². The lowest BCUT2D eigenvalue weighted by atomic mass is 10.1. The molecule has 0 saturated heterocycles. The van der Waals surface area contributed by atoms with E-state index in [2.05, 4.69) is 12.2 Å². The van der Waals surface area contributed by atoms with E-state index in [1.165, 1.54) is 0 Å². The fourth-order valence-corrected chi connectivity index (χ4v) is 2.45. The van der Waals surface area contributed by atoms with E-state index in [4.69, 9.17) is 14.6 Å². The van der Waals surface area contributed by atoms with Gasteiger partial charge in [0.25, 0.3) is 0 Å². The van der Waals surface area contributed by atoms with Crippen LogP contribution in [0.4, 0.5) is 5.69 Å². The molecule has 6 nitrogen and oxygen atoms in total. The molecule has 0 atom stereocenters. The molecule has 0 saturated carbocycles. The zero-order chi connectivity index (χ0) is 18.1. The zero-order valence-corrected chi connectivity index (χ0v) is 14.3. The fraction of sp³-hybridized carbons (Fsp3) is 0.368. The Morgan fingerprint density at radius 2 is 1.80 bits per heavy atom. The molecule has 0 radical (unpaired) electrons. The maximum absolute atomic E-state index is 12.0. The van der Waals surface area contributed by atoms with Gasteiger partial charge in [-0.25, -0.2) is 4.79 Å². The number of benzene rings is 2. The number of unbranched alkanes of at least 4 members (excludes halogenated alkanes) is 2. The molecule has 0 fully saturated rings. The topological polar surface area (TPSA) is 84.9 Å². The number of amides is 1. The Hall–Kier alpha value is -2.60. The number of fused-ring (bicyclic) bond motifs is 1. The molecule has 6 heteroatoms. The van der Waals surface area contributed by atoms with E-state index in [0.29, 0.717) is 18.0 Å². The first kappa shape index (κ1) is 18.7. The highest BCUT2D eigenvalue weighted by Gasteiger charge is 2.10. The summed E-state index contributed by atoms with van der Waals surface area (Å²) in [5.41, 5.74) is 0.639. The van der Waals surface area contributed by atoms with Crippen molar-refractivity contribution in [3.8, 4) is 5.75 Å². The van der Waals surface area contributed by atoms with Crippen LogP contribution >= 0.6 is 0 Å². The van der Waals surface area contributed by atoms with Crippen molar-refractivity contribution < 1.29 is 24.2 Å². The van der Waals surface area contributed by atoms with Gasteiger partial charge in [0, 0.05) is 23.1 Å². The van der Waals surface area contributed by atoms with Crippen LogP contribution in [0, 0.1) is 0 Å². The monoisotopic (exact) mass is 345 g/mol. The van der Waals surface area contributed by atoms with Gasteiger partial charge >= 0.3 is 5.97 Å². The van der Waals surface area contributed by atoms with Gasteiger partial charge in [0.15, 0.2) is 6.61 Å². The molecule has 2 aromatic rings. The van der Waals surface area contributed by atoms with Crippen molar-refractivity contribution in [2.45, 2.75) is 26.2 Å². The van der Waals surface area contributed by atoms with Crippen molar-refractivity contribution in [3.63, 3.8) is 0 Å². The van der Waals surface area contributed by atoms with Gasteiger partial charge in [-0.2, -0.15) is 0 Å². The second-order valence-corrected chi connectivity index (χ2v) is 5.65. The lowest BCUT2D eigenvalue weighted by Crippen LogP contribution is -2.19. The van der Waals surface area contributed by atoms with Gasteiger partial charge in [-0.1, -0.05) is 44.0 Å². The van der Waals surface area contributed by atoms with E-state index in [-0.39, 0.29) is 12.5 Å². The SMILES string of the molecule is CCCCCOCC(=O)Nc1ccc(OCC(=O)O)c2ccccc12. The summed E-state index contributed by atoms with van der Waals surface area (Å²) in [6.45, 7) is 2.28. The Morgan fingerprint density at radius 3 is 2.52 bits per heavy atom. The van der Waals surface area contributed by atoms with Crippen LogP contribution in [0.3, 0.4) is 0 Å². The molecule has 2 aromatic carbocycles. The third kappa shape index (κ3) is 5.76. The van der Waals surface area contributed by atoms with E-state index < -0.39 is 12.6 Å². The molecule has 134 valence electrons. The number of aliphatic carboxylic acids is 1. The largest absolute Gasteiger partial charge is 0.481 e. The zero-order valence-electron chi connectivity index (χ0n) is 14.3. The molecule has 25 heavy (non-hydrogen) atoms. The number of carbonyl (C=O) groups excluding carboxylic acids is 1. The molecule has 0 aromatic heterocycles. The number of carbonyl (C=O) groups is 2. The summed E-state index contributed by atoms with van der Waals surface area (Å²) in [6.07, 6.45) is 3.14. The highest BCUT2D eigenvalue weighted by atomic mass is 16.5. The molecule has 0 aliphatic heterocycles. The van der Waals surface area contributed by atoms with Crippen LogP contribution in [0.2, 0.25) is 0 Å². The van der Waals surface area contributed by atoms with Crippen LogP contribution in [0.1, 0.15) is 26.2 Å². The maximum atomic E-state index is 12.0. The average molecular weight is 345 g/mol. The number of carboxylic acid groups (broad SMARTS) is 1.